The Bertz CT molecular complexity index is 947. The summed E-state index contributed by atoms with van der Waals surface area (Å²) in [6, 6.07) is 14.4. The minimum Gasteiger partial charge on any atom is -0.335 e. The van der Waals surface area contributed by atoms with Crippen molar-refractivity contribution in [2.24, 2.45) is 0 Å². The van der Waals surface area contributed by atoms with Gasteiger partial charge in [0.05, 0.1) is 12.5 Å². The van der Waals surface area contributed by atoms with Crippen molar-refractivity contribution in [1.82, 2.24) is 19.4 Å². The lowest BCUT2D eigenvalue weighted by Gasteiger charge is -2.35. The summed E-state index contributed by atoms with van der Waals surface area (Å²) >= 11 is 6.13. The van der Waals surface area contributed by atoms with Crippen molar-refractivity contribution in [3.8, 4) is 5.69 Å². The van der Waals surface area contributed by atoms with E-state index in [-0.39, 0.29) is 11.7 Å². The van der Waals surface area contributed by atoms with E-state index in [0.717, 1.165) is 5.69 Å². The predicted octanol–water partition coefficient (Wildman–Crippen LogP) is 3.62. The number of aromatic nitrogens is 2. The van der Waals surface area contributed by atoms with Crippen LogP contribution < -0.4 is 0 Å². The number of hydrogen-bond acceptors (Lipinski definition) is 3. The molecule has 144 valence electrons. The molecular weight excluding hydrogens is 379 g/mol. The first-order valence-electron chi connectivity index (χ1n) is 9.16. The molecule has 0 atom stereocenters. The Hall–Kier alpha value is -2.70. The van der Waals surface area contributed by atoms with Crippen LogP contribution in [0.2, 0.25) is 5.02 Å². The third-order valence-corrected chi connectivity index (χ3v) is 5.35. The molecule has 1 fully saturated rings. The van der Waals surface area contributed by atoms with E-state index >= 15 is 0 Å². The molecule has 0 bridgehead atoms. The normalized spacial score (nSPS) is 15.0. The van der Waals surface area contributed by atoms with E-state index in [1.165, 1.54) is 6.07 Å². The molecule has 0 saturated carbocycles. The predicted molar refractivity (Wildman–Crippen MR) is 106 cm³/mol. The summed E-state index contributed by atoms with van der Waals surface area (Å²) in [5.74, 6) is -0.345. The second-order valence-corrected chi connectivity index (χ2v) is 7.16. The van der Waals surface area contributed by atoms with Crippen molar-refractivity contribution in [1.29, 1.82) is 0 Å². The minimum atomic E-state index is -0.294. The van der Waals surface area contributed by atoms with Gasteiger partial charge in [-0.05, 0) is 24.3 Å². The van der Waals surface area contributed by atoms with Crippen molar-refractivity contribution in [2.75, 3.05) is 26.2 Å². The highest BCUT2D eigenvalue weighted by Crippen LogP contribution is 2.22. The molecule has 1 aliphatic heterocycles. The molecule has 1 aliphatic rings. The highest BCUT2D eigenvalue weighted by molar-refractivity contribution is 6.31. The number of halogens is 2. The van der Waals surface area contributed by atoms with Crippen LogP contribution in [0.25, 0.3) is 5.69 Å². The molecule has 0 radical (unpaired) electrons. The number of carbonyl (C=O) groups is 1. The second-order valence-electron chi connectivity index (χ2n) is 6.75. The van der Waals surface area contributed by atoms with E-state index in [1.54, 1.807) is 29.2 Å². The Kier molecular flexibility index (Phi) is 5.41. The highest BCUT2D eigenvalue weighted by Gasteiger charge is 2.25. The summed E-state index contributed by atoms with van der Waals surface area (Å²) < 4.78 is 15.8. The molecule has 2 heterocycles. The molecule has 0 aliphatic carbocycles. The molecule has 0 N–H and O–H groups in total. The van der Waals surface area contributed by atoms with Crippen LogP contribution in [0.4, 0.5) is 4.39 Å². The van der Waals surface area contributed by atoms with Gasteiger partial charge >= 0.3 is 0 Å². The molecule has 5 nitrogen and oxygen atoms in total. The molecule has 7 heteroatoms. The largest absolute Gasteiger partial charge is 0.335 e. The van der Waals surface area contributed by atoms with Crippen LogP contribution in [-0.2, 0) is 6.54 Å². The Morgan fingerprint density at radius 1 is 1.04 bits per heavy atom. The molecule has 1 saturated heterocycles. The maximum absolute atomic E-state index is 14.0. The average molecular weight is 399 g/mol. The van der Waals surface area contributed by atoms with Crippen molar-refractivity contribution in [3.63, 3.8) is 0 Å². The molecule has 3 aromatic rings. The number of piperazine rings is 1. The van der Waals surface area contributed by atoms with Crippen LogP contribution in [-0.4, -0.2) is 51.4 Å². The zero-order chi connectivity index (χ0) is 19.5. The Morgan fingerprint density at radius 3 is 2.50 bits per heavy atom. The van der Waals surface area contributed by atoms with Gasteiger partial charge in [-0.25, -0.2) is 9.37 Å². The summed E-state index contributed by atoms with van der Waals surface area (Å²) in [7, 11) is 0. The van der Waals surface area contributed by atoms with Gasteiger partial charge in [0, 0.05) is 49.0 Å². The number of imidazole rings is 1. The lowest BCUT2D eigenvalue weighted by molar-refractivity contribution is 0.0619. The summed E-state index contributed by atoms with van der Waals surface area (Å²) in [6.07, 6.45) is 3.25. The molecule has 1 amide bonds. The summed E-state index contributed by atoms with van der Waals surface area (Å²) in [5.41, 5.74) is 1.94. The van der Waals surface area contributed by atoms with Crippen molar-refractivity contribution in [2.45, 2.75) is 6.54 Å². The minimum absolute atomic E-state index is 0.0510. The molecule has 1 aromatic heterocycles. The third-order valence-electron chi connectivity index (χ3n) is 4.99. The Morgan fingerprint density at radius 2 is 1.79 bits per heavy atom. The molecular formula is C21H20ClFN4O. The molecule has 28 heavy (non-hydrogen) atoms. The fourth-order valence-corrected chi connectivity index (χ4v) is 3.65. The van der Waals surface area contributed by atoms with Crippen LogP contribution in [0.15, 0.2) is 61.1 Å². The lowest BCUT2D eigenvalue weighted by atomic mass is 10.1. The topological polar surface area (TPSA) is 41.4 Å². The number of nitrogens with zero attached hydrogens (tertiary/aromatic N) is 4. The van der Waals surface area contributed by atoms with Crippen LogP contribution in [0.5, 0.6) is 0 Å². The van der Waals surface area contributed by atoms with Crippen molar-refractivity contribution >= 4 is 17.5 Å². The Balaban J connectivity index is 1.42. The van der Waals surface area contributed by atoms with Crippen molar-refractivity contribution in [3.05, 3.63) is 83.2 Å². The van der Waals surface area contributed by atoms with Crippen LogP contribution in [0, 0.1) is 5.82 Å². The van der Waals surface area contributed by atoms with E-state index in [1.807, 2.05) is 35.2 Å². The zero-order valence-corrected chi connectivity index (χ0v) is 16.0. The summed E-state index contributed by atoms with van der Waals surface area (Å²) in [4.78, 5) is 21.1. The van der Waals surface area contributed by atoms with Gasteiger partial charge in [0.25, 0.3) is 5.91 Å². The SMILES string of the molecule is O=C(c1cncn1-c1ccccc1)N1CCN(Cc2c(F)cccc2Cl)CC1. The maximum atomic E-state index is 14.0. The highest BCUT2D eigenvalue weighted by atomic mass is 35.5. The van der Waals surface area contributed by atoms with Gasteiger partial charge in [0.15, 0.2) is 0 Å². The van der Waals surface area contributed by atoms with Gasteiger partial charge in [-0.2, -0.15) is 0 Å². The first-order chi connectivity index (χ1) is 13.6. The number of para-hydroxylation sites is 1. The van der Waals surface area contributed by atoms with E-state index < -0.39 is 0 Å². The Labute approximate surface area is 168 Å². The van der Waals surface area contributed by atoms with Crippen molar-refractivity contribution < 1.29 is 9.18 Å². The first-order valence-corrected chi connectivity index (χ1v) is 9.53. The van der Waals surface area contributed by atoms with Gasteiger partial charge in [-0.15, -0.1) is 0 Å². The molecule has 0 spiro atoms. The number of rotatable bonds is 4. The van der Waals surface area contributed by atoms with Crippen LogP contribution in [0.1, 0.15) is 16.1 Å². The summed E-state index contributed by atoms with van der Waals surface area (Å²) in [6.45, 7) is 2.91. The lowest BCUT2D eigenvalue weighted by Crippen LogP contribution is -2.48. The van der Waals surface area contributed by atoms with E-state index in [0.29, 0.717) is 49.0 Å². The van der Waals surface area contributed by atoms with Gasteiger partial charge < -0.3 is 4.90 Å². The standard InChI is InChI=1S/C21H20ClFN4O/c22-18-7-4-8-19(23)17(18)14-25-9-11-26(12-10-25)21(28)20-13-24-15-27(20)16-5-2-1-3-6-16/h1-8,13,15H,9-12,14H2. The second kappa shape index (κ2) is 8.12. The number of amides is 1. The fraction of sp³-hybridized carbons (Fsp3) is 0.238. The average Bonchev–Trinajstić information content (AvgIpc) is 3.21. The maximum Gasteiger partial charge on any atom is 0.272 e. The molecule has 4 rings (SSSR count). The van der Waals surface area contributed by atoms with Crippen LogP contribution in [0.3, 0.4) is 0 Å². The molecule has 2 aromatic carbocycles. The van der Waals surface area contributed by atoms with Gasteiger partial charge in [0.2, 0.25) is 0 Å². The number of benzene rings is 2. The monoisotopic (exact) mass is 398 g/mol. The molecule has 0 unspecified atom stereocenters. The van der Waals surface area contributed by atoms with Gasteiger partial charge in [-0.1, -0.05) is 35.9 Å². The quantitative estimate of drug-likeness (QED) is 0.674. The zero-order valence-electron chi connectivity index (χ0n) is 15.3. The van der Waals surface area contributed by atoms with E-state index in [9.17, 15) is 9.18 Å². The van der Waals surface area contributed by atoms with E-state index in [2.05, 4.69) is 9.88 Å². The fourth-order valence-electron chi connectivity index (χ4n) is 3.43. The van der Waals surface area contributed by atoms with Gasteiger partial charge in [0.1, 0.15) is 11.5 Å². The smallest absolute Gasteiger partial charge is 0.272 e. The first kappa shape index (κ1) is 18.7. The van der Waals surface area contributed by atoms with Crippen LogP contribution >= 0.6 is 11.6 Å². The number of hydrogen-bond donors (Lipinski definition) is 0. The number of carbonyl (C=O) groups excluding carboxylic acids is 1. The third kappa shape index (κ3) is 3.79. The van der Waals surface area contributed by atoms with E-state index in [4.69, 9.17) is 11.6 Å². The summed E-state index contributed by atoms with van der Waals surface area (Å²) in [5, 5.41) is 0.435. The van der Waals surface area contributed by atoms with Gasteiger partial charge in [-0.3, -0.25) is 14.3 Å².